The van der Waals surface area contributed by atoms with Gasteiger partial charge in [-0.25, -0.2) is 0 Å². The van der Waals surface area contributed by atoms with Gasteiger partial charge in [0.05, 0.1) is 46.2 Å². The first-order valence-electron chi connectivity index (χ1n) is 8.38. The van der Waals surface area contributed by atoms with Crippen LogP contribution < -0.4 is 10.6 Å². The lowest BCUT2D eigenvalue weighted by molar-refractivity contribution is -0.126. The van der Waals surface area contributed by atoms with Gasteiger partial charge in [0, 0.05) is 25.9 Å². The zero-order valence-corrected chi connectivity index (χ0v) is 15.1. The molecular formula is C16H32N2O6. The highest BCUT2D eigenvalue weighted by Crippen LogP contribution is 1.97. The van der Waals surface area contributed by atoms with E-state index in [9.17, 15) is 9.59 Å². The van der Waals surface area contributed by atoms with E-state index in [0.29, 0.717) is 59.3 Å². The molecule has 0 heterocycles. The van der Waals surface area contributed by atoms with Crippen molar-refractivity contribution in [3.63, 3.8) is 0 Å². The minimum atomic E-state index is -0.0988. The first-order valence-corrected chi connectivity index (χ1v) is 8.38. The van der Waals surface area contributed by atoms with Crippen LogP contribution >= 0.6 is 0 Å². The number of hydrogen-bond acceptors (Lipinski definition) is 6. The lowest BCUT2D eigenvalue weighted by Gasteiger charge is -2.12. The summed E-state index contributed by atoms with van der Waals surface area (Å²) in [6.07, 6.45) is 0. The number of nitrogens with one attached hydrogen (secondary N) is 2. The van der Waals surface area contributed by atoms with Crippen LogP contribution in [0.15, 0.2) is 0 Å². The molecule has 0 saturated carbocycles. The molecule has 0 spiro atoms. The van der Waals surface area contributed by atoms with E-state index in [4.69, 9.17) is 18.9 Å². The van der Waals surface area contributed by atoms with Crippen LogP contribution in [-0.4, -0.2) is 77.8 Å². The van der Waals surface area contributed by atoms with Gasteiger partial charge in [0.15, 0.2) is 0 Å². The molecule has 1 unspecified atom stereocenters. The first kappa shape index (κ1) is 22.8. The molecule has 0 aliphatic carbocycles. The minimum Gasteiger partial charge on any atom is -0.379 e. The maximum atomic E-state index is 11.2. The Morgan fingerprint density at radius 1 is 0.875 bits per heavy atom. The van der Waals surface area contributed by atoms with Crippen LogP contribution in [0.25, 0.3) is 0 Å². The van der Waals surface area contributed by atoms with E-state index in [0.717, 1.165) is 0 Å². The predicted molar refractivity (Wildman–Crippen MR) is 89.8 cm³/mol. The molecule has 0 rings (SSSR count). The van der Waals surface area contributed by atoms with E-state index in [1.54, 1.807) is 0 Å². The zero-order valence-electron chi connectivity index (χ0n) is 15.1. The summed E-state index contributed by atoms with van der Waals surface area (Å²) in [7, 11) is 0. The van der Waals surface area contributed by atoms with Gasteiger partial charge in [-0.05, 0) is 6.92 Å². The molecule has 0 bridgehead atoms. The van der Waals surface area contributed by atoms with E-state index in [-0.39, 0.29) is 24.3 Å². The number of likely N-dealkylation sites (N-methyl/N-ethyl adjacent to an activating group) is 1. The number of carbonyl (C=O) groups is 2. The maximum Gasteiger partial charge on any atom is 0.245 e. The molecule has 1 atom stereocenters. The average Bonchev–Trinajstić information content (AvgIpc) is 2.52. The molecule has 0 radical (unpaired) electrons. The summed E-state index contributed by atoms with van der Waals surface area (Å²) in [4.78, 5) is 21.8. The van der Waals surface area contributed by atoms with Gasteiger partial charge in [-0.3, -0.25) is 9.59 Å². The second-order valence-electron chi connectivity index (χ2n) is 5.36. The molecule has 0 saturated heterocycles. The van der Waals surface area contributed by atoms with E-state index in [1.165, 1.54) is 6.92 Å². The van der Waals surface area contributed by atoms with Crippen LogP contribution in [-0.2, 0) is 28.5 Å². The van der Waals surface area contributed by atoms with Crippen molar-refractivity contribution in [2.24, 2.45) is 5.92 Å². The van der Waals surface area contributed by atoms with E-state index < -0.39 is 0 Å². The van der Waals surface area contributed by atoms with Gasteiger partial charge in [-0.2, -0.15) is 0 Å². The SMILES string of the molecule is CCNC(=O)COCC(C)COCCOCCOCCNC(C)=O. The third-order valence-corrected chi connectivity index (χ3v) is 2.78. The Morgan fingerprint density at radius 3 is 2.08 bits per heavy atom. The third-order valence-electron chi connectivity index (χ3n) is 2.78. The lowest BCUT2D eigenvalue weighted by atomic mass is 10.2. The van der Waals surface area contributed by atoms with Crippen LogP contribution in [0.2, 0.25) is 0 Å². The van der Waals surface area contributed by atoms with Crippen molar-refractivity contribution in [3.8, 4) is 0 Å². The summed E-state index contributed by atoms with van der Waals surface area (Å²) < 4.78 is 21.4. The molecule has 24 heavy (non-hydrogen) atoms. The monoisotopic (exact) mass is 348 g/mol. The van der Waals surface area contributed by atoms with Crippen LogP contribution in [0.5, 0.6) is 0 Å². The Kier molecular flexibility index (Phi) is 15.8. The molecule has 0 aromatic heterocycles. The van der Waals surface area contributed by atoms with Gasteiger partial charge >= 0.3 is 0 Å². The fourth-order valence-corrected chi connectivity index (χ4v) is 1.67. The van der Waals surface area contributed by atoms with E-state index >= 15 is 0 Å². The van der Waals surface area contributed by atoms with Crippen LogP contribution in [0, 0.1) is 5.92 Å². The second kappa shape index (κ2) is 16.6. The van der Waals surface area contributed by atoms with Gasteiger partial charge in [0.25, 0.3) is 0 Å². The van der Waals surface area contributed by atoms with Crippen LogP contribution in [0.3, 0.4) is 0 Å². The molecule has 8 heteroatoms. The maximum absolute atomic E-state index is 11.2. The van der Waals surface area contributed by atoms with E-state index in [2.05, 4.69) is 10.6 Å². The van der Waals surface area contributed by atoms with Crippen molar-refractivity contribution >= 4 is 11.8 Å². The molecule has 2 amide bonds. The van der Waals surface area contributed by atoms with E-state index in [1.807, 2.05) is 13.8 Å². The Morgan fingerprint density at radius 2 is 1.46 bits per heavy atom. The molecule has 142 valence electrons. The average molecular weight is 348 g/mol. The van der Waals surface area contributed by atoms with Gasteiger partial charge in [-0.1, -0.05) is 6.92 Å². The van der Waals surface area contributed by atoms with Crippen molar-refractivity contribution < 1.29 is 28.5 Å². The Hall–Kier alpha value is -1.22. The second-order valence-corrected chi connectivity index (χ2v) is 5.36. The number of amides is 2. The number of ether oxygens (including phenoxy) is 4. The quantitative estimate of drug-likeness (QED) is 0.380. The fraction of sp³-hybridized carbons (Fsp3) is 0.875. The highest BCUT2D eigenvalue weighted by atomic mass is 16.5. The molecule has 0 aromatic carbocycles. The minimum absolute atomic E-state index is 0.0594. The first-order chi connectivity index (χ1) is 11.6. The zero-order chi connectivity index (χ0) is 18.0. The predicted octanol–water partition coefficient (Wildman–Crippen LogP) is -0.0389. The summed E-state index contributed by atoms with van der Waals surface area (Å²) in [6, 6.07) is 0. The standard InChI is InChI=1S/C16H32N2O6/c1-4-17-16(20)13-24-12-14(2)11-23-10-9-22-8-7-21-6-5-18-15(3)19/h14H,4-13H2,1-3H3,(H,17,20)(H,18,19). The molecule has 2 N–H and O–H groups in total. The van der Waals surface area contributed by atoms with Gasteiger partial charge in [0.2, 0.25) is 11.8 Å². The normalized spacial score (nSPS) is 12.0. The molecule has 0 aromatic rings. The summed E-state index contributed by atoms with van der Waals surface area (Å²) in [6.45, 7) is 10.1. The topological polar surface area (TPSA) is 95.1 Å². The molecular weight excluding hydrogens is 316 g/mol. The van der Waals surface area contributed by atoms with Crippen molar-refractivity contribution in [1.82, 2.24) is 10.6 Å². The van der Waals surface area contributed by atoms with Gasteiger partial charge < -0.3 is 29.6 Å². The van der Waals surface area contributed by atoms with Crippen molar-refractivity contribution in [1.29, 1.82) is 0 Å². The third kappa shape index (κ3) is 17.1. The summed E-state index contributed by atoms with van der Waals surface area (Å²) in [5, 5.41) is 5.32. The van der Waals surface area contributed by atoms with Gasteiger partial charge in [-0.15, -0.1) is 0 Å². The molecule has 0 fully saturated rings. The fourth-order valence-electron chi connectivity index (χ4n) is 1.67. The van der Waals surface area contributed by atoms with Gasteiger partial charge in [0.1, 0.15) is 6.61 Å². The Balaban J connectivity index is 3.23. The number of hydrogen-bond donors (Lipinski definition) is 2. The summed E-state index contributed by atoms with van der Waals surface area (Å²) in [5.74, 6) is 0.0608. The van der Waals surface area contributed by atoms with Crippen molar-refractivity contribution in [2.45, 2.75) is 20.8 Å². The molecule has 0 aliphatic heterocycles. The number of carbonyl (C=O) groups excluding carboxylic acids is 2. The van der Waals surface area contributed by atoms with Crippen LogP contribution in [0.4, 0.5) is 0 Å². The Labute approximate surface area is 144 Å². The smallest absolute Gasteiger partial charge is 0.245 e. The summed E-state index contributed by atoms with van der Waals surface area (Å²) >= 11 is 0. The highest BCUT2D eigenvalue weighted by molar-refractivity contribution is 5.77. The number of rotatable bonds is 16. The van der Waals surface area contributed by atoms with Crippen LogP contribution in [0.1, 0.15) is 20.8 Å². The lowest BCUT2D eigenvalue weighted by Crippen LogP contribution is -2.28. The van der Waals surface area contributed by atoms with Crippen molar-refractivity contribution in [2.75, 3.05) is 65.9 Å². The summed E-state index contributed by atoms with van der Waals surface area (Å²) in [5.41, 5.74) is 0. The largest absolute Gasteiger partial charge is 0.379 e. The molecule has 0 aliphatic rings. The highest BCUT2D eigenvalue weighted by Gasteiger charge is 2.05. The molecule has 8 nitrogen and oxygen atoms in total. The Bertz CT molecular complexity index is 328. The van der Waals surface area contributed by atoms with Crippen molar-refractivity contribution in [3.05, 3.63) is 0 Å².